The van der Waals surface area contributed by atoms with Crippen LogP contribution in [0.1, 0.15) is 0 Å². The third kappa shape index (κ3) is 2.24. The number of likely N-dealkylation sites (N-methyl/N-ethyl adjacent to an activating group) is 1. The lowest BCUT2D eigenvalue weighted by atomic mass is 10.3. The fraction of sp³-hybridized carbons (Fsp3) is 0.875. The molecule has 0 aliphatic carbocycles. The maximum Gasteiger partial charge on any atom is 0.245 e. The van der Waals surface area contributed by atoms with Crippen LogP contribution in [-0.2, 0) is 11.8 Å². The Kier molecular flexibility index (Phi) is 3.12. The van der Waals surface area contributed by atoms with Gasteiger partial charge in [-0.25, -0.2) is 4.68 Å². The topological polar surface area (TPSA) is 68.1 Å². The summed E-state index contributed by atoms with van der Waals surface area (Å²) in [5.74, 6) is 0.805. The minimum absolute atomic E-state index is 0.209. The quantitative estimate of drug-likeness (QED) is 0.667. The van der Waals surface area contributed by atoms with Gasteiger partial charge in [-0.1, -0.05) is 5.10 Å². The molecule has 0 spiro atoms. The van der Waals surface area contributed by atoms with Crippen molar-refractivity contribution in [3.05, 3.63) is 0 Å². The number of nitrogens with zero attached hydrogens (tertiary/aromatic N) is 5. The SMILES string of the molecule is CNCC1CN(c2nnnn2C)CCO1. The Morgan fingerprint density at radius 1 is 1.60 bits per heavy atom. The lowest BCUT2D eigenvalue weighted by Crippen LogP contribution is -2.47. The summed E-state index contributed by atoms with van der Waals surface area (Å²) < 4.78 is 7.29. The molecule has 0 bridgehead atoms. The van der Waals surface area contributed by atoms with Crippen LogP contribution >= 0.6 is 0 Å². The summed E-state index contributed by atoms with van der Waals surface area (Å²) in [6.45, 7) is 3.24. The summed E-state index contributed by atoms with van der Waals surface area (Å²) in [7, 11) is 3.77. The molecule has 84 valence electrons. The van der Waals surface area contributed by atoms with Gasteiger partial charge in [0, 0.05) is 26.7 Å². The van der Waals surface area contributed by atoms with Gasteiger partial charge in [-0.05, 0) is 17.5 Å². The van der Waals surface area contributed by atoms with Crippen LogP contribution in [0, 0.1) is 0 Å². The highest BCUT2D eigenvalue weighted by molar-refractivity contribution is 5.28. The average molecular weight is 212 g/mol. The van der Waals surface area contributed by atoms with Gasteiger partial charge in [0.25, 0.3) is 0 Å². The van der Waals surface area contributed by atoms with Gasteiger partial charge < -0.3 is 15.0 Å². The molecule has 7 nitrogen and oxygen atoms in total. The largest absolute Gasteiger partial charge is 0.373 e. The molecule has 1 aromatic rings. The van der Waals surface area contributed by atoms with Crippen molar-refractivity contribution >= 4 is 5.95 Å². The predicted octanol–water partition coefficient (Wildman–Crippen LogP) is -1.37. The predicted molar refractivity (Wildman–Crippen MR) is 54.7 cm³/mol. The number of hydrogen-bond donors (Lipinski definition) is 1. The van der Waals surface area contributed by atoms with E-state index in [0.29, 0.717) is 0 Å². The van der Waals surface area contributed by atoms with E-state index >= 15 is 0 Å². The van der Waals surface area contributed by atoms with E-state index in [0.717, 1.165) is 32.2 Å². The van der Waals surface area contributed by atoms with Gasteiger partial charge in [-0.15, -0.1) is 0 Å². The second kappa shape index (κ2) is 4.54. The monoisotopic (exact) mass is 212 g/mol. The summed E-state index contributed by atoms with van der Waals surface area (Å²) in [5, 5.41) is 14.5. The van der Waals surface area contributed by atoms with E-state index in [2.05, 4.69) is 25.7 Å². The third-order valence-corrected chi connectivity index (χ3v) is 2.45. The number of aromatic nitrogens is 4. The van der Waals surface area contributed by atoms with Crippen molar-refractivity contribution in [3.63, 3.8) is 0 Å². The van der Waals surface area contributed by atoms with Crippen molar-refractivity contribution in [2.24, 2.45) is 7.05 Å². The second-order valence-corrected chi connectivity index (χ2v) is 3.60. The lowest BCUT2D eigenvalue weighted by Gasteiger charge is -2.32. The van der Waals surface area contributed by atoms with Crippen molar-refractivity contribution in [1.82, 2.24) is 25.5 Å². The molecule has 1 N–H and O–H groups in total. The first-order chi connectivity index (χ1) is 7.31. The summed E-state index contributed by atoms with van der Waals surface area (Å²) in [4.78, 5) is 2.14. The molecule has 1 saturated heterocycles. The Labute approximate surface area is 88.4 Å². The van der Waals surface area contributed by atoms with E-state index in [1.54, 1.807) is 4.68 Å². The maximum atomic E-state index is 5.60. The molecule has 1 unspecified atom stereocenters. The number of rotatable bonds is 3. The Morgan fingerprint density at radius 2 is 2.47 bits per heavy atom. The highest BCUT2D eigenvalue weighted by atomic mass is 16.5. The highest BCUT2D eigenvalue weighted by Crippen LogP contribution is 2.12. The van der Waals surface area contributed by atoms with E-state index in [1.807, 2.05) is 14.1 Å². The molecule has 1 aliphatic rings. The van der Waals surface area contributed by atoms with Gasteiger partial charge in [-0.2, -0.15) is 0 Å². The zero-order chi connectivity index (χ0) is 10.7. The molecular formula is C8H16N6O. The first kappa shape index (κ1) is 10.3. The molecule has 0 radical (unpaired) electrons. The van der Waals surface area contributed by atoms with Crippen molar-refractivity contribution < 1.29 is 4.74 Å². The Bertz CT molecular complexity index is 312. The van der Waals surface area contributed by atoms with Gasteiger partial charge in [0.1, 0.15) is 0 Å². The van der Waals surface area contributed by atoms with Gasteiger partial charge in [0.2, 0.25) is 5.95 Å². The molecule has 0 amide bonds. The second-order valence-electron chi connectivity index (χ2n) is 3.60. The Morgan fingerprint density at radius 3 is 3.13 bits per heavy atom. The third-order valence-electron chi connectivity index (χ3n) is 2.45. The molecule has 0 saturated carbocycles. The summed E-state index contributed by atoms with van der Waals surface area (Å²) >= 11 is 0. The zero-order valence-corrected chi connectivity index (χ0v) is 9.05. The van der Waals surface area contributed by atoms with Gasteiger partial charge >= 0.3 is 0 Å². The van der Waals surface area contributed by atoms with Crippen LogP contribution in [0.25, 0.3) is 0 Å². The number of ether oxygens (including phenoxy) is 1. The van der Waals surface area contributed by atoms with Crippen molar-refractivity contribution in [3.8, 4) is 0 Å². The molecule has 1 aliphatic heterocycles. The smallest absolute Gasteiger partial charge is 0.245 e. The minimum Gasteiger partial charge on any atom is -0.373 e. The van der Waals surface area contributed by atoms with E-state index in [-0.39, 0.29) is 6.10 Å². The maximum absolute atomic E-state index is 5.60. The normalized spacial score (nSPS) is 22.0. The fourth-order valence-electron chi connectivity index (χ4n) is 1.74. The fourth-order valence-corrected chi connectivity index (χ4v) is 1.74. The zero-order valence-electron chi connectivity index (χ0n) is 9.05. The molecule has 15 heavy (non-hydrogen) atoms. The highest BCUT2D eigenvalue weighted by Gasteiger charge is 2.22. The van der Waals surface area contributed by atoms with Crippen molar-refractivity contribution in [2.75, 3.05) is 38.2 Å². The summed E-state index contributed by atoms with van der Waals surface area (Å²) in [6.07, 6.45) is 0.209. The van der Waals surface area contributed by atoms with Crippen LogP contribution in [-0.4, -0.2) is 59.6 Å². The van der Waals surface area contributed by atoms with Crippen LogP contribution in [0.3, 0.4) is 0 Å². The van der Waals surface area contributed by atoms with Crippen LogP contribution < -0.4 is 10.2 Å². The standard InChI is InChI=1S/C8H16N6O/c1-9-5-7-6-14(3-4-15-7)8-10-11-12-13(8)2/h7,9H,3-6H2,1-2H3. The summed E-state index contributed by atoms with van der Waals surface area (Å²) in [5.41, 5.74) is 0. The van der Waals surface area contributed by atoms with Crippen LogP contribution in [0.2, 0.25) is 0 Å². The first-order valence-electron chi connectivity index (χ1n) is 5.04. The van der Waals surface area contributed by atoms with Crippen LogP contribution in [0.15, 0.2) is 0 Å². The van der Waals surface area contributed by atoms with Crippen molar-refractivity contribution in [1.29, 1.82) is 0 Å². The number of morpholine rings is 1. The Hall–Kier alpha value is -1.21. The molecule has 2 rings (SSSR count). The Balaban J connectivity index is 2.01. The molecule has 1 aromatic heterocycles. The average Bonchev–Trinajstić information content (AvgIpc) is 2.65. The van der Waals surface area contributed by atoms with E-state index in [9.17, 15) is 0 Å². The van der Waals surface area contributed by atoms with Gasteiger partial charge in [-0.3, -0.25) is 0 Å². The number of hydrogen-bond acceptors (Lipinski definition) is 6. The van der Waals surface area contributed by atoms with E-state index < -0.39 is 0 Å². The van der Waals surface area contributed by atoms with Crippen LogP contribution in [0.5, 0.6) is 0 Å². The minimum atomic E-state index is 0.209. The van der Waals surface area contributed by atoms with Crippen LogP contribution in [0.4, 0.5) is 5.95 Å². The van der Waals surface area contributed by atoms with Gasteiger partial charge in [0.05, 0.1) is 12.7 Å². The first-order valence-corrected chi connectivity index (χ1v) is 5.04. The molecular weight excluding hydrogens is 196 g/mol. The van der Waals surface area contributed by atoms with Crippen molar-refractivity contribution in [2.45, 2.75) is 6.10 Å². The van der Waals surface area contributed by atoms with E-state index in [1.165, 1.54) is 0 Å². The number of tetrazole rings is 1. The molecule has 7 heteroatoms. The molecule has 2 heterocycles. The number of anilines is 1. The molecule has 1 fully saturated rings. The number of nitrogens with one attached hydrogen (secondary N) is 1. The van der Waals surface area contributed by atoms with E-state index in [4.69, 9.17) is 4.74 Å². The number of aryl methyl sites for hydroxylation is 1. The molecule has 0 aromatic carbocycles. The molecule has 1 atom stereocenters. The lowest BCUT2D eigenvalue weighted by molar-refractivity contribution is 0.0414. The van der Waals surface area contributed by atoms with Gasteiger partial charge in [0.15, 0.2) is 0 Å². The summed E-state index contributed by atoms with van der Waals surface area (Å²) in [6, 6.07) is 0.